The van der Waals surface area contributed by atoms with E-state index >= 15 is 0 Å². The van der Waals surface area contributed by atoms with Crippen molar-refractivity contribution >= 4 is 11.6 Å². The number of nitrogens with zero attached hydrogens (tertiary/aromatic N) is 1. The number of carbonyl (C=O) groups is 1. The molecule has 0 radical (unpaired) electrons. The van der Waals surface area contributed by atoms with Crippen LogP contribution < -0.4 is 10.6 Å². The maximum atomic E-state index is 13.8. The summed E-state index contributed by atoms with van der Waals surface area (Å²) in [5.74, 6) is -1.24. The number of halogens is 4. The lowest BCUT2D eigenvalue weighted by molar-refractivity contribution is -0.206. The predicted molar refractivity (Wildman–Crippen MR) is 77.6 cm³/mol. The molecule has 2 N–H and O–H groups in total. The van der Waals surface area contributed by atoms with E-state index < -0.39 is 41.9 Å². The van der Waals surface area contributed by atoms with Gasteiger partial charge < -0.3 is 5.32 Å². The Morgan fingerprint density at radius 1 is 1.33 bits per heavy atom. The third-order valence-electron chi connectivity index (χ3n) is 4.71. The topological polar surface area (TPSA) is 63.4 Å². The second kappa shape index (κ2) is 4.66. The van der Waals surface area contributed by atoms with E-state index in [1.807, 2.05) is 0 Å². The molecule has 1 saturated heterocycles. The zero-order valence-corrected chi connectivity index (χ0v) is 12.5. The highest BCUT2D eigenvalue weighted by atomic mass is 19.4. The molecular formula is C16H13F4N3O. The molecule has 3 heterocycles. The van der Waals surface area contributed by atoms with Crippen LogP contribution in [0, 0.1) is 11.2 Å². The minimum absolute atomic E-state index is 0.0774. The molecule has 24 heavy (non-hydrogen) atoms. The molecule has 3 unspecified atom stereocenters. The van der Waals surface area contributed by atoms with E-state index in [-0.39, 0.29) is 22.5 Å². The van der Waals surface area contributed by atoms with Gasteiger partial charge in [0.2, 0.25) is 5.91 Å². The van der Waals surface area contributed by atoms with Crippen molar-refractivity contribution in [1.82, 2.24) is 10.6 Å². The highest BCUT2D eigenvalue weighted by Gasteiger charge is 2.61. The molecular weight excluding hydrogens is 326 g/mol. The van der Waals surface area contributed by atoms with Crippen molar-refractivity contribution in [3.8, 4) is 0 Å². The highest BCUT2D eigenvalue weighted by molar-refractivity contribution is 6.16. The number of benzene rings is 1. The van der Waals surface area contributed by atoms with Crippen LogP contribution in [0.15, 0.2) is 40.5 Å². The molecule has 1 aromatic carbocycles. The standard InChI is InChI=1S/C16H13F4N3O/c1-15(16(18,19)20)6-9(24)21-12-10(15)11(22-14-13(12)23-14)7-3-2-4-8(17)5-7/h2-5,13-14,23H,6H2,1H3,(H,21,24). The minimum Gasteiger partial charge on any atom is -0.328 e. The monoisotopic (exact) mass is 339 g/mol. The molecule has 0 saturated carbocycles. The first-order chi connectivity index (χ1) is 11.2. The Kier molecular flexibility index (Phi) is 2.97. The second-order valence-electron chi connectivity index (χ2n) is 6.42. The van der Waals surface area contributed by atoms with Crippen molar-refractivity contribution in [2.24, 2.45) is 10.4 Å². The van der Waals surface area contributed by atoms with E-state index in [4.69, 9.17) is 0 Å². The second-order valence-corrected chi connectivity index (χ2v) is 6.42. The van der Waals surface area contributed by atoms with Gasteiger partial charge in [-0.3, -0.25) is 15.1 Å². The van der Waals surface area contributed by atoms with Crippen LogP contribution in [0.4, 0.5) is 17.6 Å². The first kappa shape index (κ1) is 15.3. The molecule has 126 valence electrons. The first-order valence-corrected chi connectivity index (χ1v) is 7.42. The number of rotatable bonds is 1. The number of amides is 1. The van der Waals surface area contributed by atoms with Crippen LogP contribution >= 0.6 is 0 Å². The average Bonchev–Trinajstić information content (AvgIpc) is 3.24. The van der Waals surface area contributed by atoms with Crippen LogP contribution in [0.25, 0.3) is 0 Å². The fourth-order valence-electron chi connectivity index (χ4n) is 3.37. The highest BCUT2D eigenvalue weighted by Crippen LogP contribution is 2.52. The minimum atomic E-state index is -4.64. The summed E-state index contributed by atoms with van der Waals surface area (Å²) in [5, 5.41) is 5.49. The van der Waals surface area contributed by atoms with Gasteiger partial charge in [0, 0.05) is 23.3 Å². The maximum absolute atomic E-state index is 13.8. The van der Waals surface area contributed by atoms with Crippen molar-refractivity contribution in [3.05, 3.63) is 46.9 Å². The van der Waals surface area contributed by atoms with Crippen LogP contribution in [-0.2, 0) is 4.79 Å². The molecule has 4 rings (SSSR count). The van der Waals surface area contributed by atoms with E-state index in [9.17, 15) is 22.4 Å². The van der Waals surface area contributed by atoms with Gasteiger partial charge in [0.1, 0.15) is 17.4 Å². The number of hydrogen-bond donors (Lipinski definition) is 2. The average molecular weight is 339 g/mol. The maximum Gasteiger partial charge on any atom is 0.398 e. The lowest BCUT2D eigenvalue weighted by Gasteiger charge is -2.40. The van der Waals surface area contributed by atoms with Crippen LogP contribution in [0.5, 0.6) is 0 Å². The van der Waals surface area contributed by atoms with Crippen molar-refractivity contribution in [1.29, 1.82) is 0 Å². The van der Waals surface area contributed by atoms with Gasteiger partial charge in [0.25, 0.3) is 0 Å². The lowest BCUT2D eigenvalue weighted by atomic mass is 9.70. The third kappa shape index (κ3) is 2.09. The molecule has 1 amide bonds. The third-order valence-corrected chi connectivity index (χ3v) is 4.71. The zero-order valence-electron chi connectivity index (χ0n) is 12.5. The van der Waals surface area contributed by atoms with Gasteiger partial charge in [-0.2, -0.15) is 13.2 Å². The first-order valence-electron chi connectivity index (χ1n) is 7.42. The Bertz CT molecular complexity index is 814. The summed E-state index contributed by atoms with van der Waals surface area (Å²) < 4.78 is 55.0. The van der Waals surface area contributed by atoms with E-state index in [2.05, 4.69) is 15.6 Å². The van der Waals surface area contributed by atoms with Gasteiger partial charge in [-0.25, -0.2) is 4.39 Å². The van der Waals surface area contributed by atoms with Crippen molar-refractivity contribution < 1.29 is 22.4 Å². The Hall–Kier alpha value is -2.22. The molecule has 0 aliphatic carbocycles. The number of carbonyl (C=O) groups excluding carboxylic acids is 1. The smallest absolute Gasteiger partial charge is 0.328 e. The summed E-state index contributed by atoms with van der Waals surface area (Å²) in [6.07, 6.45) is -5.75. The van der Waals surface area contributed by atoms with E-state index in [0.29, 0.717) is 0 Å². The van der Waals surface area contributed by atoms with E-state index in [1.165, 1.54) is 18.2 Å². The molecule has 1 fully saturated rings. The molecule has 4 nitrogen and oxygen atoms in total. The summed E-state index contributed by atoms with van der Waals surface area (Å²) in [5.41, 5.74) is -1.90. The van der Waals surface area contributed by atoms with Crippen LogP contribution in [-0.4, -0.2) is 30.0 Å². The Labute approximate surface area is 134 Å². The Morgan fingerprint density at radius 2 is 2.08 bits per heavy atom. The quantitative estimate of drug-likeness (QED) is 0.609. The fraction of sp³-hybridized carbons (Fsp3) is 0.375. The molecule has 3 aliphatic rings. The summed E-state index contributed by atoms with van der Waals surface area (Å²) in [4.78, 5) is 16.2. The summed E-state index contributed by atoms with van der Waals surface area (Å²) in [6.45, 7) is 0.999. The molecule has 3 atom stereocenters. The normalized spacial score (nSPS) is 31.9. The SMILES string of the molecule is CC1(C(F)(F)F)CC(=O)NC2=C1C(c1cccc(F)c1)=NC1NC21. The molecule has 0 bridgehead atoms. The fourth-order valence-corrected chi connectivity index (χ4v) is 3.37. The Balaban J connectivity index is 1.94. The Morgan fingerprint density at radius 3 is 2.75 bits per heavy atom. The van der Waals surface area contributed by atoms with Gasteiger partial charge in [-0.05, 0) is 19.1 Å². The lowest BCUT2D eigenvalue weighted by Crippen LogP contribution is -2.51. The number of hydrogen-bond acceptors (Lipinski definition) is 3. The van der Waals surface area contributed by atoms with Crippen LogP contribution in [0.3, 0.4) is 0 Å². The van der Waals surface area contributed by atoms with Crippen molar-refractivity contribution in [3.63, 3.8) is 0 Å². The molecule has 0 aromatic heterocycles. The van der Waals surface area contributed by atoms with E-state index in [0.717, 1.165) is 13.0 Å². The molecule has 0 spiro atoms. The van der Waals surface area contributed by atoms with Crippen molar-refractivity contribution in [2.45, 2.75) is 31.7 Å². The number of allylic oxidation sites excluding steroid dienone is 1. The van der Waals surface area contributed by atoms with E-state index in [1.54, 1.807) is 0 Å². The van der Waals surface area contributed by atoms with Crippen LogP contribution in [0.2, 0.25) is 0 Å². The zero-order chi connectivity index (χ0) is 17.3. The summed E-state index contributed by atoms with van der Waals surface area (Å²) in [7, 11) is 0. The summed E-state index contributed by atoms with van der Waals surface area (Å²) >= 11 is 0. The number of nitrogens with one attached hydrogen (secondary N) is 2. The van der Waals surface area contributed by atoms with Gasteiger partial charge in [0.15, 0.2) is 0 Å². The van der Waals surface area contributed by atoms with Gasteiger partial charge in [0.05, 0.1) is 11.8 Å². The molecule has 3 aliphatic heterocycles. The largest absolute Gasteiger partial charge is 0.398 e. The number of alkyl halides is 3. The van der Waals surface area contributed by atoms with Gasteiger partial charge in [-0.15, -0.1) is 0 Å². The predicted octanol–water partition coefficient (Wildman–Crippen LogP) is 2.27. The molecule has 1 aromatic rings. The molecule has 8 heteroatoms. The summed E-state index contributed by atoms with van der Waals surface area (Å²) in [6, 6.07) is 4.88. The van der Waals surface area contributed by atoms with Crippen LogP contribution in [0.1, 0.15) is 18.9 Å². The number of dihydropyridines is 1. The van der Waals surface area contributed by atoms with Gasteiger partial charge in [-0.1, -0.05) is 12.1 Å². The number of fused-ring (bicyclic) bond motifs is 2. The number of aliphatic imine (C=N–C) groups is 1. The van der Waals surface area contributed by atoms with Crippen molar-refractivity contribution in [2.75, 3.05) is 0 Å². The van der Waals surface area contributed by atoms with Gasteiger partial charge >= 0.3 is 6.18 Å².